The monoisotopic (exact) mass is 501 g/mol. The van der Waals surface area contributed by atoms with Crippen LogP contribution in [0.2, 0.25) is 10.0 Å². The first-order chi connectivity index (χ1) is 16.4. The highest BCUT2D eigenvalue weighted by atomic mass is 35.5. The zero-order valence-electron chi connectivity index (χ0n) is 18.7. The van der Waals surface area contributed by atoms with Crippen LogP contribution < -0.4 is 10.6 Å². The van der Waals surface area contributed by atoms with Gasteiger partial charge in [0.25, 0.3) is 5.91 Å². The van der Waals surface area contributed by atoms with Crippen molar-refractivity contribution in [1.29, 1.82) is 0 Å². The lowest BCUT2D eigenvalue weighted by atomic mass is 9.95. The van der Waals surface area contributed by atoms with E-state index in [2.05, 4.69) is 15.6 Å². The van der Waals surface area contributed by atoms with Gasteiger partial charge in [0.15, 0.2) is 0 Å². The normalized spacial score (nSPS) is 17.7. The van der Waals surface area contributed by atoms with Crippen LogP contribution in [-0.4, -0.2) is 58.8 Å². The zero-order valence-corrected chi connectivity index (χ0v) is 20.2. The highest BCUT2D eigenvalue weighted by molar-refractivity contribution is 6.35. The molecule has 2 N–H and O–H groups in total. The third kappa shape index (κ3) is 5.03. The van der Waals surface area contributed by atoms with Gasteiger partial charge in [-0.1, -0.05) is 35.3 Å². The summed E-state index contributed by atoms with van der Waals surface area (Å²) < 4.78 is 0. The Kier molecular flexibility index (Phi) is 7.38. The number of hydrogen-bond donors (Lipinski definition) is 2. The number of urea groups is 1. The number of pyridine rings is 1. The van der Waals surface area contributed by atoms with Gasteiger partial charge in [0.05, 0.1) is 23.9 Å². The van der Waals surface area contributed by atoms with Gasteiger partial charge in [-0.2, -0.15) is 0 Å². The number of carbonyl (C=O) groups excluding carboxylic acids is 3. The average molecular weight is 502 g/mol. The van der Waals surface area contributed by atoms with E-state index in [9.17, 15) is 14.4 Å². The molecule has 4 amide bonds. The fourth-order valence-electron chi connectivity index (χ4n) is 4.23. The van der Waals surface area contributed by atoms with E-state index in [4.69, 9.17) is 23.2 Å². The molecule has 8 nitrogen and oxygen atoms in total. The summed E-state index contributed by atoms with van der Waals surface area (Å²) in [5, 5.41) is 6.60. The largest absolute Gasteiger partial charge is 0.356 e. The van der Waals surface area contributed by atoms with Gasteiger partial charge >= 0.3 is 6.03 Å². The maximum absolute atomic E-state index is 13.4. The van der Waals surface area contributed by atoms with Gasteiger partial charge < -0.3 is 15.5 Å². The molecule has 1 atom stereocenters. The van der Waals surface area contributed by atoms with E-state index < -0.39 is 6.04 Å². The second-order valence-electron chi connectivity index (χ2n) is 8.05. The molecule has 34 heavy (non-hydrogen) atoms. The maximum Gasteiger partial charge on any atom is 0.322 e. The second-order valence-corrected chi connectivity index (χ2v) is 8.89. The van der Waals surface area contributed by atoms with Gasteiger partial charge in [0, 0.05) is 54.4 Å². The van der Waals surface area contributed by atoms with Crippen LogP contribution >= 0.6 is 23.2 Å². The molecule has 0 fully saturated rings. The summed E-state index contributed by atoms with van der Waals surface area (Å²) in [6.07, 6.45) is 2.51. The minimum absolute atomic E-state index is 0.146. The van der Waals surface area contributed by atoms with Gasteiger partial charge in [0.2, 0.25) is 5.91 Å². The van der Waals surface area contributed by atoms with Crippen LogP contribution in [0.5, 0.6) is 0 Å². The molecule has 0 saturated heterocycles. The molecule has 1 aromatic heterocycles. The molecule has 0 aliphatic carbocycles. The Labute approximate surface area is 207 Å². The first kappa shape index (κ1) is 24.0. The summed E-state index contributed by atoms with van der Waals surface area (Å²) in [5.41, 5.74) is 2.62. The van der Waals surface area contributed by atoms with Gasteiger partial charge in [0.1, 0.15) is 0 Å². The van der Waals surface area contributed by atoms with E-state index in [1.54, 1.807) is 34.2 Å². The molecule has 2 aliphatic rings. The fraction of sp³-hybridized carbons (Fsp3) is 0.333. The molecular formula is C24H25Cl2N5O3. The molecular weight excluding hydrogens is 477 g/mol. The van der Waals surface area contributed by atoms with Gasteiger partial charge in [-0.15, -0.1) is 0 Å². The highest BCUT2D eigenvalue weighted by Gasteiger charge is 2.44. The molecule has 3 heterocycles. The van der Waals surface area contributed by atoms with E-state index >= 15 is 0 Å². The molecule has 10 heteroatoms. The first-order valence-corrected chi connectivity index (χ1v) is 11.9. The van der Waals surface area contributed by atoms with E-state index in [0.29, 0.717) is 46.4 Å². The van der Waals surface area contributed by atoms with Crippen LogP contribution in [0, 0.1) is 0 Å². The van der Waals surface area contributed by atoms with Crippen molar-refractivity contribution >= 4 is 41.0 Å². The van der Waals surface area contributed by atoms with Crippen molar-refractivity contribution in [2.75, 3.05) is 26.2 Å². The SMILES string of the molecule is CCN1C(=O)NC(c2ccc(Cl)cc2Cl)C2=C1CN(CCC(=O)NCCc1ccccn1)C2=O. The third-order valence-corrected chi connectivity index (χ3v) is 6.49. The van der Waals surface area contributed by atoms with Crippen molar-refractivity contribution in [2.24, 2.45) is 0 Å². The minimum Gasteiger partial charge on any atom is -0.356 e. The summed E-state index contributed by atoms with van der Waals surface area (Å²) in [5.74, 6) is -0.363. The number of nitrogens with one attached hydrogen (secondary N) is 2. The number of nitrogens with zero attached hydrogens (tertiary/aromatic N) is 3. The van der Waals surface area contributed by atoms with Gasteiger partial charge in [-0.05, 0) is 36.8 Å². The molecule has 0 spiro atoms. The molecule has 0 radical (unpaired) electrons. The van der Waals surface area contributed by atoms with Crippen molar-refractivity contribution < 1.29 is 14.4 Å². The molecule has 178 valence electrons. The standard InChI is InChI=1S/C24H25Cl2N5O3/c1-2-31-19-14-30(12-9-20(32)28-11-8-16-5-3-4-10-27-16)23(33)21(19)22(29-24(31)34)17-7-6-15(25)13-18(17)26/h3-7,10,13,22H,2,8-9,11-12,14H2,1H3,(H,28,32)(H,29,34). The van der Waals surface area contributed by atoms with Crippen LogP contribution in [0.4, 0.5) is 4.79 Å². The van der Waals surface area contributed by atoms with Crippen molar-refractivity contribution in [2.45, 2.75) is 25.8 Å². The average Bonchev–Trinajstić information content (AvgIpc) is 3.14. The molecule has 2 aromatic rings. The number of rotatable bonds is 8. The summed E-state index contributed by atoms with van der Waals surface area (Å²) >= 11 is 12.4. The first-order valence-electron chi connectivity index (χ1n) is 11.1. The predicted octanol–water partition coefficient (Wildman–Crippen LogP) is 3.32. The summed E-state index contributed by atoms with van der Waals surface area (Å²) in [7, 11) is 0. The van der Waals surface area contributed by atoms with E-state index in [0.717, 1.165) is 5.69 Å². The number of benzene rings is 1. The summed E-state index contributed by atoms with van der Waals surface area (Å²) in [4.78, 5) is 45.9. The van der Waals surface area contributed by atoms with Gasteiger partial charge in [-0.25, -0.2) is 4.79 Å². The van der Waals surface area contributed by atoms with Crippen LogP contribution in [0.3, 0.4) is 0 Å². The maximum atomic E-state index is 13.4. The van der Waals surface area contributed by atoms with Crippen LogP contribution in [0.15, 0.2) is 53.9 Å². The number of halogens is 2. The number of carbonyl (C=O) groups is 3. The smallest absolute Gasteiger partial charge is 0.322 e. The summed E-state index contributed by atoms with van der Waals surface area (Å²) in [6.45, 7) is 3.24. The molecule has 2 aliphatic heterocycles. The molecule has 0 bridgehead atoms. The summed E-state index contributed by atoms with van der Waals surface area (Å²) in [6, 6.07) is 9.66. The lowest BCUT2D eigenvalue weighted by molar-refractivity contribution is -0.127. The molecule has 0 saturated carbocycles. The van der Waals surface area contributed by atoms with Crippen molar-refractivity contribution in [3.8, 4) is 0 Å². The number of hydrogen-bond acceptors (Lipinski definition) is 4. The van der Waals surface area contributed by atoms with Crippen LogP contribution in [-0.2, 0) is 16.0 Å². The van der Waals surface area contributed by atoms with Crippen molar-refractivity contribution in [1.82, 2.24) is 25.4 Å². The van der Waals surface area contributed by atoms with Crippen LogP contribution in [0.1, 0.15) is 30.6 Å². The molecule has 1 aromatic carbocycles. The Morgan fingerprint density at radius 3 is 2.76 bits per heavy atom. The van der Waals surface area contributed by atoms with E-state index in [-0.39, 0.29) is 37.4 Å². The molecule has 1 unspecified atom stereocenters. The number of likely N-dealkylation sites (N-methyl/N-ethyl adjacent to an activating group) is 1. The lowest BCUT2D eigenvalue weighted by Gasteiger charge is -2.33. The predicted molar refractivity (Wildman–Crippen MR) is 129 cm³/mol. The number of amides is 4. The lowest BCUT2D eigenvalue weighted by Crippen LogP contribution is -2.47. The van der Waals surface area contributed by atoms with Crippen molar-refractivity contribution in [3.05, 3.63) is 75.2 Å². The fourth-order valence-corrected chi connectivity index (χ4v) is 4.75. The van der Waals surface area contributed by atoms with Gasteiger partial charge in [-0.3, -0.25) is 19.5 Å². The highest BCUT2D eigenvalue weighted by Crippen LogP contribution is 2.39. The van der Waals surface area contributed by atoms with Crippen LogP contribution in [0.25, 0.3) is 0 Å². The molecule has 4 rings (SSSR count). The van der Waals surface area contributed by atoms with E-state index in [1.165, 1.54) is 0 Å². The Morgan fingerprint density at radius 1 is 1.24 bits per heavy atom. The van der Waals surface area contributed by atoms with E-state index in [1.807, 2.05) is 25.1 Å². The number of aromatic nitrogens is 1. The zero-order chi connectivity index (χ0) is 24.2. The minimum atomic E-state index is -0.681. The van der Waals surface area contributed by atoms with Crippen molar-refractivity contribution in [3.63, 3.8) is 0 Å². The quantitative estimate of drug-likeness (QED) is 0.579. The topological polar surface area (TPSA) is 94.6 Å². The Morgan fingerprint density at radius 2 is 2.06 bits per heavy atom. The Bertz CT molecular complexity index is 1140. The Hall–Kier alpha value is -3.10. The third-order valence-electron chi connectivity index (χ3n) is 5.92. The second kappa shape index (κ2) is 10.4. The Balaban J connectivity index is 1.43.